The third-order valence-corrected chi connectivity index (χ3v) is 5.34. The maximum absolute atomic E-state index is 11.9. The van der Waals surface area contributed by atoms with E-state index in [1.165, 1.54) is 7.11 Å². The molecule has 1 aromatic heterocycles. The largest absolute Gasteiger partial charge is 0.497 e. The number of rotatable bonds is 6. The van der Waals surface area contributed by atoms with Crippen LogP contribution in [0.25, 0.3) is 0 Å². The average molecular weight is 428 g/mol. The number of hydrogen-bond acceptors (Lipinski definition) is 6. The maximum atomic E-state index is 11.9. The van der Waals surface area contributed by atoms with Crippen LogP contribution >= 0.6 is 11.6 Å². The van der Waals surface area contributed by atoms with Crippen LogP contribution in [0.15, 0.2) is 48.5 Å². The van der Waals surface area contributed by atoms with Gasteiger partial charge >= 0.3 is 0 Å². The van der Waals surface area contributed by atoms with Crippen molar-refractivity contribution in [2.45, 2.75) is 18.5 Å². The predicted octanol–water partition coefficient (Wildman–Crippen LogP) is 3.67. The lowest BCUT2D eigenvalue weighted by Crippen LogP contribution is -2.28. The summed E-state index contributed by atoms with van der Waals surface area (Å²) in [5, 5.41) is 11.2. The molecule has 0 saturated heterocycles. The number of methoxy groups -OCH3 is 2. The van der Waals surface area contributed by atoms with Crippen LogP contribution in [-0.2, 0) is 9.53 Å². The van der Waals surface area contributed by atoms with Gasteiger partial charge in [-0.2, -0.15) is 4.98 Å². The minimum Gasteiger partial charge on any atom is -0.497 e. The molecule has 2 atom stereocenters. The van der Waals surface area contributed by atoms with Gasteiger partial charge in [-0.1, -0.05) is 41.9 Å². The lowest BCUT2D eigenvalue weighted by molar-refractivity contribution is -0.119. The van der Waals surface area contributed by atoms with Crippen molar-refractivity contribution < 1.29 is 14.3 Å². The van der Waals surface area contributed by atoms with E-state index in [1.807, 2.05) is 48.5 Å². The first-order valence-electron chi connectivity index (χ1n) is 9.49. The Labute approximate surface area is 179 Å². The SMILES string of the molecule is COCC(=O)Nc1nc2n(n1)[C@H](c1ccccc1Cl)C[C@@H](c1ccc(OC)cc1)N2. The molecule has 0 fully saturated rings. The summed E-state index contributed by atoms with van der Waals surface area (Å²) in [4.78, 5) is 16.4. The van der Waals surface area contributed by atoms with Gasteiger partial charge in [0, 0.05) is 12.1 Å². The minimum atomic E-state index is -0.318. The van der Waals surface area contributed by atoms with Gasteiger partial charge in [-0.05, 0) is 35.7 Å². The Kier molecular flexibility index (Phi) is 5.87. The number of nitrogens with zero attached hydrogens (tertiary/aromatic N) is 3. The molecule has 1 amide bonds. The van der Waals surface area contributed by atoms with Crippen molar-refractivity contribution in [3.63, 3.8) is 0 Å². The Balaban J connectivity index is 1.70. The first-order chi connectivity index (χ1) is 14.6. The Hall–Kier alpha value is -3.10. The molecule has 2 heterocycles. The molecule has 1 aliphatic rings. The molecule has 0 spiro atoms. The number of ether oxygens (including phenoxy) is 2. The summed E-state index contributed by atoms with van der Waals surface area (Å²) >= 11 is 6.51. The van der Waals surface area contributed by atoms with E-state index in [4.69, 9.17) is 21.1 Å². The van der Waals surface area contributed by atoms with Crippen LogP contribution in [0.1, 0.15) is 29.6 Å². The van der Waals surface area contributed by atoms with Gasteiger partial charge in [0.25, 0.3) is 11.9 Å². The molecular weight excluding hydrogens is 406 g/mol. The number of benzene rings is 2. The number of halogens is 1. The zero-order valence-corrected chi connectivity index (χ0v) is 17.4. The number of carbonyl (C=O) groups excluding carboxylic acids is 1. The van der Waals surface area contributed by atoms with E-state index in [2.05, 4.69) is 20.7 Å². The number of carbonyl (C=O) groups is 1. The van der Waals surface area contributed by atoms with Crippen molar-refractivity contribution in [1.29, 1.82) is 0 Å². The zero-order chi connectivity index (χ0) is 21.1. The molecule has 1 aliphatic heterocycles. The van der Waals surface area contributed by atoms with E-state index in [0.29, 0.717) is 17.4 Å². The molecule has 3 aromatic rings. The smallest absolute Gasteiger partial charge is 0.252 e. The fourth-order valence-corrected chi connectivity index (χ4v) is 3.84. The summed E-state index contributed by atoms with van der Waals surface area (Å²) in [6, 6.07) is 15.4. The Morgan fingerprint density at radius 1 is 1.23 bits per heavy atom. The Bertz CT molecular complexity index is 1040. The van der Waals surface area contributed by atoms with Crippen LogP contribution in [0.3, 0.4) is 0 Å². The summed E-state index contributed by atoms with van der Waals surface area (Å²) in [5.74, 6) is 1.25. The van der Waals surface area contributed by atoms with E-state index >= 15 is 0 Å². The van der Waals surface area contributed by atoms with Gasteiger partial charge in [0.2, 0.25) is 5.95 Å². The lowest BCUT2D eigenvalue weighted by Gasteiger charge is -2.32. The Morgan fingerprint density at radius 2 is 2.00 bits per heavy atom. The second-order valence-electron chi connectivity index (χ2n) is 6.93. The van der Waals surface area contributed by atoms with Crippen LogP contribution in [0, 0.1) is 0 Å². The average Bonchev–Trinajstić information content (AvgIpc) is 3.16. The van der Waals surface area contributed by atoms with Gasteiger partial charge < -0.3 is 14.8 Å². The van der Waals surface area contributed by atoms with E-state index in [9.17, 15) is 4.79 Å². The van der Waals surface area contributed by atoms with Crippen molar-refractivity contribution in [2.75, 3.05) is 31.5 Å². The fraction of sp³-hybridized carbons (Fsp3) is 0.286. The van der Waals surface area contributed by atoms with Crippen LogP contribution in [-0.4, -0.2) is 41.5 Å². The van der Waals surface area contributed by atoms with Gasteiger partial charge in [-0.25, -0.2) is 4.68 Å². The van der Waals surface area contributed by atoms with Crippen LogP contribution < -0.4 is 15.4 Å². The highest BCUT2D eigenvalue weighted by molar-refractivity contribution is 6.31. The molecule has 0 bridgehead atoms. The van der Waals surface area contributed by atoms with Crippen LogP contribution in [0.2, 0.25) is 5.02 Å². The number of hydrogen-bond donors (Lipinski definition) is 2. The highest BCUT2D eigenvalue weighted by Gasteiger charge is 2.32. The second kappa shape index (κ2) is 8.73. The second-order valence-corrected chi connectivity index (χ2v) is 7.34. The number of nitrogens with one attached hydrogen (secondary N) is 2. The number of amides is 1. The standard InChI is InChI=1S/C21H22ClN5O3/c1-29-12-19(28)24-20-25-21-23-17(13-7-9-14(30-2)10-8-13)11-18(27(21)26-20)15-5-3-4-6-16(15)22/h3-10,17-18H,11-12H2,1-2H3,(H2,23,24,25,26,28)/t17-,18-/m0/s1. The topological polar surface area (TPSA) is 90.3 Å². The molecule has 8 nitrogen and oxygen atoms in total. The maximum Gasteiger partial charge on any atom is 0.252 e. The van der Waals surface area contributed by atoms with Gasteiger partial charge in [0.05, 0.1) is 19.2 Å². The first kappa shape index (κ1) is 20.2. The molecule has 0 aliphatic carbocycles. The summed E-state index contributed by atoms with van der Waals surface area (Å²) in [6.07, 6.45) is 0.706. The highest BCUT2D eigenvalue weighted by atomic mass is 35.5. The van der Waals surface area contributed by atoms with Crippen molar-refractivity contribution in [2.24, 2.45) is 0 Å². The third kappa shape index (κ3) is 4.10. The summed E-state index contributed by atoms with van der Waals surface area (Å²) < 4.78 is 11.9. The van der Waals surface area contributed by atoms with E-state index in [-0.39, 0.29) is 30.5 Å². The summed E-state index contributed by atoms with van der Waals surface area (Å²) in [6.45, 7) is -0.0697. The molecule has 4 rings (SSSR count). The van der Waals surface area contributed by atoms with Crippen molar-refractivity contribution in [1.82, 2.24) is 14.8 Å². The van der Waals surface area contributed by atoms with Gasteiger partial charge in [-0.3, -0.25) is 10.1 Å². The number of fused-ring (bicyclic) bond motifs is 1. The molecule has 0 unspecified atom stereocenters. The predicted molar refractivity (Wildman–Crippen MR) is 114 cm³/mol. The van der Waals surface area contributed by atoms with Crippen molar-refractivity contribution in [3.05, 3.63) is 64.7 Å². The van der Waals surface area contributed by atoms with Crippen LogP contribution in [0.4, 0.5) is 11.9 Å². The van der Waals surface area contributed by atoms with Crippen LogP contribution in [0.5, 0.6) is 5.75 Å². The van der Waals surface area contributed by atoms with Gasteiger partial charge in [-0.15, -0.1) is 5.10 Å². The first-order valence-corrected chi connectivity index (χ1v) is 9.87. The van der Waals surface area contributed by atoms with Crippen molar-refractivity contribution >= 4 is 29.4 Å². The monoisotopic (exact) mass is 427 g/mol. The van der Waals surface area contributed by atoms with E-state index in [1.54, 1.807) is 11.8 Å². The normalized spacial score (nSPS) is 17.7. The summed E-state index contributed by atoms with van der Waals surface area (Å²) in [5.41, 5.74) is 2.03. The molecule has 156 valence electrons. The zero-order valence-electron chi connectivity index (χ0n) is 16.6. The lowest BCUT2D eigenvalue weighted by atomic mass is 9.93. The highest BCUT2D eigenvalue weighted by Crippen LogP contribution is 2.40. The molecule has 0 saturated carbocycles. The molecule has 30 heavy (non-hydrogen) atoms. The molecule has 2 N–H and O–H groups in total. The molecular formula is C21H22ClN5O3. The van der Waals surface area contributed by atoms with E-state index < -0.39 is 0 Å². The number of anilines is 2. The third-order valence-electron chi connectivity index (χ3n) is 5.00. The molecule has 2 aromatic carbocycles. The minimum absolute atomic E-state index is 0.0172. The van der Waals surface area contributed by atoms with Gasteiger partial charge in [0.1, 0.15) is 12.4 Å². The number of aromatic nitrogens is 3. The summed E-state index contributed by atoms with van der Waals surface area (Å²) in [7, 11) is 3.10. The van der Waals surface area contributed by atoms with Crippen molar-refractivity contribution in [3.8, 4) is 5.75 Å². The van der Waals surface area contributed by atoms with Gasteiger partial charge in [0.15, 0.2) is 0 Å². The fourth-order valence-electron chi connectivity index (χ4n) is 3.58. The Morgan fingerprint density at radius 3 is 2.70 bits per heavy atom. The molecule has 0 radical (unpaired) electrons. The van der Waals surface area contributed by atoms with E-state index in [0.717, 1.165) is 16.9 Å². The quantitative estimate of drug-likeness (QED) is 0.623. The molecule has 9 heteroatoms.